The number of carbonyl (C=O) groups is 3. The minimum absolute atomic E-state index is 0.0693. The number of hydrogen-bond acceptors (Lipinski definition) is 6. The van der Waals surface area contributed by atoms with Crippen molar-refractivity contribution in [2.24, 2.45) is 0 Å². The molecule has 0 saturated carbocycles. The van der Waals surface area contributed by atoms with Gasteiger partial charge in [-0.15, -0.1) is 23.1 Å². The molecule has 0 aliphatic heterocycles. The van der Waals surface area contributed by atoms with Gasteiger partial charge in [-0.1, -0.05) is 72.3 Å². The summed E-state index contributed by atoms with van der Waals surface area (Å²) in [5.41, 5.74) is 4.31. The van der Waals surface area contributed by atoms with E-state index < -0.39 is 17.1 Å². The smallest absolute Gasteiger partial charge is 0.336 e. The number of aromatic nitrogens is 1. The summed E-state index contributed by atoms with van der Waals surface area (Å²) in [6.07, 6.45) is 0. The number of amides is 2. The lowest BCUT2D eigenvalue weighted by Crippen LogP contribution is -2.19. The van der Waals surface area contributed by atoms with E-state index in [1.165, 1.54) is 40.8 Å². The molecule has 0 spiro atoms. The number of nitrogens with one attached hydrogen (secondary N) is 2. The Morgan fingerprint density at radius 3 is 2.15 bits per heavy atom. The zero-order valence-corrected chi connectivity index (χ0v) is 23.5. The van der Waals surface area contributed by atoms with E-state index in [0.717, 1.165) is 21.7 Å². The number of carboxylic acid groups (broad SMARTS) is 1. The zero-order valence-electron chi connectivity index (χ0n) is 21.9. The number of thiazole rings is 1. The molecular formula is C32H25N3O4S2. The first-order chi connectivity index (χ1) is 19.9. The Hall–Kier alpha value is -4.73. The summed E-state index contributed by atoms with van der Waals surface area (Å²) in [5, 5.41) is 17.0. The number of aromatic carboxylic acids is 1. The van der Waals surface area contributed by atoms with Crippen molar-refractivity contribution in [2.45, 2.75) is 17.1 Å². The lowest BCUT2D eigenvalue weighted by Gasteiger charge is -2.16. The van der Waals surface area contributed by atoms with Crippen LogP contribution in [0.15, 0.2) is 113 Å². The Balaban J connectivity index is 1.30. The number of nitrogens with zero attached hydrogens (tertiary/aromatic N) is 1. The van der Waals surface area contributed by atoms with Crippen LogP contribution in [0.25, 0.3) is 11.3 Å². The second-order valence-corrected chi connectivity index (χ2v) is 11.2. The molecule has 0 radical (unpaired) electrons. The number of carbonyl (C=O) groups excluding carboxylic acids is 2. The predicted octanol–water partition coefficient (Wildman–Crippen LogP) is 7.54. The summed E-state index contributed by atoms with van der Waals surface area (Å²) in [6.45, 7) is 2.03. The van der Waals surface area contributed by atoms with Crippen LogP contribution in [0.2, 0.25) is 0 Å². The van der Waals surface area contributed by atoms with Crippen molar-refractivity contribution in [3.05, 3.63) is 131 Å². The second-order valence-electron chi connectivity index (χ2n) is 9.13. The number of aryl methyl sites for hydroxylation is 1. The van der Waals surface area contributed by atoms with Crippen LogP contribution in [0.3, 0.4) is 0 Å². The maximum Gasteiger partial charge on any atom is 0.336 e. The largest absolute Gasteiger partial charge is 0.478 e. The molecule has 9 heteroatoms. The van der Waals surface area contributed by atoms with Gasteiger partial charge < -0.3 is 15.7 Å². The molecule has 4 aromatic carbocycles. The van der Waals surface area contributed by atoms with Crippen LogP contribution in [-0.4, -0.2) is 27.9 Å². The Labute approximate surface area is 245 Å². The van der Waals surface area contributed by atoms with Gasteiger partial charge in [0.15, 0.2) is 5.13 Å². The molecule has 0 bridgehead atoms. The topological polar surface area (TPSA) is 108 Å². The standard InChI is InChI=1S/C32H25N3O4S2/c1-20-11-13-21(14-12-20)27-19-40-32(34-27)35-30(37)28(22-7-3-2-4-8-22)41-24-17-15-23(16-18-24)33-29(36)25-9-5-6-10-26(25)31(38)39/h2-19,28H,1H3,(H,33,36)(H,38,39)(H,34,35,37). The van der Waals surface area contributed by atoms with Crippen LogP contribution in [0, 0.1) is 6.92 Å². The van der Waals surface area contributed by atoms with Crippen LogP contribution in [0.4, 0.5) is 10.8 Å². The fourth-order valence-electron chi connectivity index (χ4n) is 4.08. The number of hydrogen-bond donors (Lipinski definition) is 3. The minimum atomic E-state index is -1.17. The average Bonchev–Trinajstić information content (AvgIpc) is 3.45. The van der Waals surface area contributed by atoms with E-state index in [1.54, 1.807) is 24.3 Å². The third-order valence-electron chi connectivity index (χ3n) is 6.19. The van der Waals surface area contributed by atoms with Crippen LogP contribution in [-0.2, 0) is 4.79 Å². The van der Waals surface area contributed by atoms with Gasteiger partial charge in [0.2, 0.25) is 5.91 Å². The van der Waals surface area contributed by atoms with E-state index in [2.05, 4.69) is 15.6 Å². The van der Waals surface area contributed by atoms with Crippen molar-refractivity contribution < 1.29 is 19.5 Å². The molecule has 0 aliphatic rings. The minimum Gasteiger partial charge on any atom is -0.478 e. The van der Waals surface area contributed by atoms with Crippen molar-refractivity contribution >= 4 is 51.7 Å². The lowest BCUT2D eigenvalue weighted by molar-refractivity contribution is -0.115. The van der Waals surface area contributed by atoms with Crippen molar-refractivity contribution in [3.8, 4) is 11.3 Å². The fourth-order valence-corrected chi connectivity index (χ4v) is 5.83. The molecule has 1 aromatic heterocycles. The van der Waals surface area contributed by atoms with Gasteiger partial charge >= 0.3 is 5.97 Å². The molecule has 7 nitrogen and oxygen atoms in total. The molecule has 2 amide bonds. The molecule has 0 aliphatic carbocycles. The zero-order chi connectivity index (χ0) is 28.8. The van der Waals surface area contributed by atoms with E-state index in [0.29, 0.717) is 10.8 Å². The molecule has 3 N–H and O–H groups in total. The van der Waals surface area contributed by atoms with Gasteiger partial charge in [-0.05, 0) is 48.9 Å². The first-order valence-corrected chi connectivity index (χ1v) is 14.4. The molecule has 1 heterocycles. The van der Waals surface area contributed by atoms with Crippen molar-refractivity contribution in [1.82, 2.24) is 4.98 Å². The van der Waals surface area contributed by atoms with Gasteiger partial charge in [0.1, 0.15) is 5.25 Å². The normalized spacial score (nSPS) is 11.4. The Kier molecular flexibility index (Phi) is 8.57. The van der Waals surface area contributed by atoms with Crippen molar-refractivity contribution in [1.29, 1.82) is 0 Å². The molecule has 5 aromatic rings. The molecular weight excluding hydrogens is 555 g/mol. The first kappa shape index (κ1) is 27.8. The SMILES string of the molecule is Cc1ccc(-c2csc(NC(=O)C(Sc3ccc(NC(=O)c4ccccc4C(=O)O)cc3)c3ccccc3)n2)cc1. The number of carboxylic acids is 1. The van der Waals surface area contributed by atoms with Gasteiger partial charge in [0.25, 0.3) is 5.91 Å². The van der Waals surface area contributed by atoms with Gasteiger partial charge in [-0.3, -0.25) is 9.59 Å². The Morgan fingerprint density at radius 1 is 0.805 bits per heavy atom. The third-order valence-corrected chi connectivity index (χ3v) is 8.21. The molecule has 1 atom stereocenters. The summed E-state index contributed by atoms with van der Waals surface area (Å²) in [6, 6.07) is 30.7. The predicted molar refractivity (Wildman–Crippen MR) is 164 cm³/mol. The highest BCUT2D eigenvalue weighted by Crippen LogP contribution is 2.37. The van der Waals surface area contributed by atoms with E-state index in [-0.39, 0.29) is 17.0 Å². The highest BCUT2D eigenvalue weighted by atomic mass is 32.2. The molecule has 41 heavy (non-hydrogen) atoms. The van der Waals surface area contributed by atoms with Gasteiger partial charge in [0.05, 0.1) is 16.8 Å². The summed E-state index contributed by atoms with van der Waals surface area (Å²) < 4.78 is 0. The van der Waals surface area contributed by atoms with Crippen molar-refractivity contribution in [3.63, 3.8) is 0 Å². The van der Waals surface area contributed by atoms with Crippen LogP contribution in [0.5, 0.6) is 0 Å². The number of anilines is 2. The summed E-state index contributed by atoms with van der Waals surface area (Å²) in [4.78, 5) is 43.1. The summed E-state index contributed by atoms with van der Waals surface area (Å²) >= 11 is 2.75. The highest BCUT2D eigenvalue weighted by Gasteiger charge is 2.23. The van der Waals surface area contributed by atoms with E-state index in [1.807, 2.05) is 79.0 Å². The molecule has 0 saturated heterocycles. The number of thioether (sulfide) groups is 1. The van der Waals surface area contributed by atoms with Gasteiger partial charge in [0, 0.05) is 21.5 Å². The highest BCUT2D eigenvalue weighted by molar-refractivity contribution is 8.00. The molecule has 204 valence electrons. The quantitative estimate of drug-likeness (QED) is 0.156. The monoisotopic (exact) mass is 579 g/mol. The van der Waals surface area contributed by atoms with Crippen LogP contribution >= 0.6 is 23.1 Å². The first-order valence-electron chi connectivity index (χ1n) is 12.7. The van der Waals surface area contributed by atoms with Crippen LogP contribution in [0.1, 0.15) is 37.1 Å². The van der Waals surface area contributed by atoms with Crippen molar-refractivity contribution in [2.75, 3.05) is 10.6 Å². The van der Waals surface area contributed by atoms with Crippen LogP contribution < -0.4 is 10.6 Å². The van der Waals surface area contributed by atoms with Gasteiger partial charge in [-0.2, -0.15) is 0 Å². The number of benzene rings is 4. The Bertz CT molecular complexity index is 1680. The second kappa shape index (κ2) is 12.6. The maximum atomic E-state index is 13.5. The van der Waals surface area contributed by atoms with E-state index >= 15 is 0 Å². The maximum absolute atomic E-state index is 13.5. The van der Waals surface area contributed by atoms with Gasteiger partial charge in [-0.25, -0.2) is 9.78 Å². The fraction of sp³-hybridized carbons (Fsp3) is 0.0625. The third kappa shape index (κ3) is 6.89. The summed E-state index contributed by atoms with van der Waals surface area (Å²) in [5.74, 6) is -1.89. The Morgan fingerprint density at radius 2 is 1.46 bits per heavy atom. The average molecular weight is 580 g/mol. The molecule has 0 fully saturated rings. The van der Waals surface area contributed by atoms with E-state index in [9.17, 15) is 19.5 Å². The summed E-state index contributed by atoms with van der Waals surface area (Å²) in [7, 11) is 0. The number of rotatable bonds is 9. The van der Waals surface area contributed by atoms with E-state index in [4.69, 9.17) is 0 Å². The molecule has 5 rings (SSSR count). The lowest BCUT2D eigenvalue weighted by atomic mass is 10.1. The molecule has 1 unspecified atom stereocenters.